The number of rotatable bonds is 6. The van der Waals surface area contributed by atoms with Gasteiger partial charge in [-0.3, -0.25) is 10.1 Å². The average Bonchev–Trinajstić information content (AvgIpc) is 3.01. The van der Waals surface area contributed by atoms with Crippen molar-refractivity contribution in [2.45, 2.75) is 5.54 Å². The van der Waals surface area contributed by atoms with Gasteiger partial charge in [-0.2, -0.15) is 0 Å². The molecule has 1 fully saturated rings. The van der Waals surface area contributed by atoms with Crippen LogP contribution < -0.4 is 29.6 Å². The van der Waals surface area contributed by atoms with E-state index in [2.05, 4.69) is 10.6 Å². The Morgan fingerprint density at radius 1 is 0.704 bits per heavy atom. The van der Waals surface area contributed by atoms with E-state index in [4.69, 9.17) is 18.9 Å². The van der Waals surface area contributed by atoms with Crippen LogP contribution in [-0.2, 0) is 10.3 Å². The van der Waals surface area contributed by atoms with Crippen molar-refractivity contribution in [3.8, 4) is 23.0 Å². The van der Waals surface area contributed by atoms with Crippen LogP contribution in [0, 0.1) is 0 Å². The predicted molar refractivity (Wildman–Crippen MR) is 96.5 cm³/mol. The van der Waals surface area contributed by atoms with Gasteiger partial charge in [0.05, 0.1) is 28.4 Å². The van der Waals surface area contributed by atoms with Crippen LogP contribution in [0.15, 0.2) is 36.4 Å². The first kappa shape index (κ1) is 18.4. The minimum atomic E-state index is -1.45. The molecule has 2 N–H and O–H groups in total. The summed E-state index contributed by atoms with van der Waals surface area (Å²) in [5.74, 6) is 1.38. The molecule has 8 heteroatoms. The van der Waals surface area contributed by atoms with Gasteiger partial charge in [-0.25, -0.2) is 4.79 Å². The van der Waals surface area contributed by atoms with Gasteiger partial charge in [-0.1, -0.05) is 12.1 Å². The molecule has 0 radical (unpaired) electrons. The molecule has 8 nitrogen and oxygen atoms in total. The predicted octanol–water partition coefficient (Wildman–Crippen LogP) is 1.80. The number of urea groups is 1. The Balaban J connectivity index is 2.24. The largest absolute Gasteiger partial charge is 0.493 e. The number of carbonyl (C=O) groups excluding carboxylic acids is 2. The zero-order valence-corrected chi connectivity index (χ0v) is 15.4. The van der Waals surface area contributed by atoms with Crippen molar-refractivity contribution in [2.24, 2.45) is 0 Å². The molecule has 27 heavy (non-hydrogen) atoms. The fourth-order valence-corrected chi connectivity index (χ4v) is 3.17. The van der Waals surface area contributed by atoms with Gasteiger partial charge in [0.15, 0.2) is 28.5 Å². The number of methoxy groups -OCH3 is 4. The van der Waals surface area contributed by atoms with E-state index in [1.165, 1.54) is 28.4 Å². The lowest BCUT2D eigenvalue weighted by Crippen LogP contribution is -2.44. The second-order valence-electron chi connectivity index (χ2n) is 5.80. The Bertz CT molecular complexity index is 840. The van der Waals surface area contributed by atoms with E-state index in [1.807, 2.05) is 0 Å². The summed E-state index contributed by atoms with van der Waals surface area (Å²) < 4.78 is 21.2. The number of hydrogen-bond donors (Lipinski definition) is 2. The molecule has 1 heterocycles. The summed E-state index contributed by atoms with van der Waals surface area (Å²) in [5, 5.41) is 5.04. The summed E-state index contributed by atoms with van der Waals surface area (Å²) in [5.41, 5.74) is -0.428. The molecule has 0 aliphatic carbocycles. The second-order valence-corrected chi connectivity index (χ2v) is 5.80. The molecule has 1 aliphatic rings. The molecule has 3 amide bonds. The molecule has 2 aromatic rings. The van der Waals surface area contributed by atoms with Crippen molar-refractivity contribution >= 4 is 11.9 Å². The Morgan fingerprint density at radius 2 is 1.15 bits per heavy atom. The SMILES string of the molecule is COc1ccc(C2(c3ccc(OC)c(OC)c3)NC(=O)NC2=O)cc1OC. The maximum Gasteiger partial charge on any atom is 0.322 e. The molecule has 0 saturated carbocycles. The number of hydrogen-bond acceptors (Lipinski definition) is 6. The number of ether oxygens (including phenoxy) is 4. The molecular formula is C19H20N2O6. The fraction of sp³-hybridized carbons (Fsp3) is 0.263. The molecular weight excluding hydrogens is 352 g/mol. The molecule has 3 rings (SSSR count). The maximum absolute atomic E-state index is 12.9. The van der Waals surface area contributed by atoms with Crippen LogP contribution in [0.4, 0.5) is 4.79 Å². The normalized spacial score (nSPS) is 15.0. The molecule has 0 atom stereocenters. The zero-order valence-electron chi connectivity index (χ0n) is 15.4. The monoisotopic (exact) mass is 372 g/mol. The van der Waals surface area contributed by atoms with Gasteiger partial charge in [0.2, 0.25) is 0 Å². The fourth-order valence-electron chi connectivity index (χ4n) is 3.17. The third kappa shape index (κ3) is 2.88. The van der Waals surface area contributed by atoms with Crippen molar-refractivity contribution in [1.82, 2.24) is 10.6 Å². The third-order valence-corrected chi connectivity index (χ3v) is 4.50. The smallest absolute Gasteiger partial charge is 0.322 e. The molecule has 1 aliphatic heterocycles. The minimum Gasteiger partial charge on any atom is -0.493 e. The Hall–Kier alpha value is -3.42. The first-order valence-electron chi connectivity index (χ1n) is 8.08. The highest BCUT2D eigenvalue weighted by Crippen LogP contribution is 2.40. The van der Waals surface area contributed by atoms with Gasteiger partial charge in [0.1, 0.15) is 0 Å². The maximum atomic E-state index is 12.9. The lowest BCUT2D eigenvalue weighted by molar-refractivity contribution is -0.122. The number of benzene rings is 2. The highest BCUT2D eigenvalue weighted by Gasteiger charge is 2.50. The summed E-state index contributed by atoms with van der Waals surface area (Å²) >= 11 is 0. The number of nitrogens with one attached hydrogen (secondary N) is 2. The topological polar surface area (TPSA) is 95.1 Å². The lowest BCUT2D eigenvalue weighted by Gasteiger charge is -2.28. The highest BCUT2D eigenvalue weighted by molar-refractivity contribution is 6.09. The van der Waals surface area contributed by atoms with E-state index in [1.54, 1.807) is 36.4 Å². The van der Waals surface area contributed by atoms with Crippen LogP contribution in [0.5, 0.6) is 23.0 Å². The van der Waals surface area contributed by atoms with Crippen molar-refractivity contribution in [2.75, 3.05) is 28.4 Å². The summed E-state index contributed by atoms with van der Waals surface area (Å²) in [6, 6.07) is 9.46. The van der Waals surface area contributed by atoms with Crippen molar-refractivity contribution in [3.05, 3.63) is 47.5 Å². The first-order chi connectivity index (χ1) is 13.0. The minimum absolute atomic E-state index is 0.434. The lowest BCUT2D eigenvalue weighted by atomic mass is 9.82. The van der Waals surface area contributed by atoms with Gasteiger partial charge in [0.25, 0.3) is 5.91 Å². The van der Waals surface area contributed by atoms with E-state index < -0.39 is 17.5 Å². The zero-order chi connectivity index (χ0) is 19.6. The van der Waals surface area contributed by atoms with Crippen molar-refractivity contribution in [1.29, 1.82) is 0 Å². The summed E-state index contributed by atoms with van der Waals surface area (Å²) in [7, 11) is 6.04. The van der Waals surface area contributed by atoms with Gasteiger partial charge in [0, 0.05) is 0 Å². The van der Waals surface area contributed by atoms with Crippen molar-refractivity contribution in [3.63, 3.8) is 0 Å². The van der Waals surface area contributed by atoms with Gasteiger partial charge in [-0.05, 0) is 35.4 Å². The van der Waals surface area contributed by atoms with Gasteiger partial charge < -0.3 is 24.3 Å². The molecule has 1 saturated heterocycles. The molecule has 0 unspecified atom stereocenters. The Labute approximate surface area is 156 Å². The molecule has 0 aromatic heterocycles. The van der Waals surface area contributed by atoms with E-state index in [9.17, 15) is 9.59 Å². The van der Waals surface area contributed by atoms with Gasteiger partial charge in [-0.15, -0.1) is 0 Å². The molecule has 142 valence electrons. The Morgan fingerprint density at radius 3 is 1.48 bits per heavy atom. The summed E-state index contributed by atoms with van der Waals surface area (Å²) in [6.07, 6.45) is 0. The summed E-state index contributed by atoms with van der Waals surface area (Å²) in [6.45, 7) is 0. The van der Waals surface area contributed by atoms with Crippen LogP contribution in [0.1, 0.15) is 11.1 Å². The average molecular weight is 372 g/mol. The Kier molecular flexibility index (Phi) is 4.81. The van der Waals surface area contributed by atoms with Crippen LogP contribution in [0.2, 0.25) is 0 Å². The molecule has 0 spiro atoms. The first-order valence-corrected chi connectivity index (χ1v) is 8.08. The van der Waals surface area contributed by atoms with Crippen molar-refractivity contribution < 1.29 is 28.5 Å². The molecule has 0 bridgehead atoms. The van der Waals surface area contributed by atoms with E-state index in [0.717, 1.165) is 0 Å². The third-order valence-electron chi connectivity index (χ3n) is 4.50. The van der Waals surface area contributed by atoms with Crippen LogP contribution in [-0.4, -0.2) is 40.4 Å². The van der Waals surface area contributed by atoms with E-state index >= 15 is 0 Å². The molecule has 2 aromatic carbocycles. The summed E-state index contributed by atoms with van der Waals surface area (Å²) in [4.78, 5) is 24.9. The van der Waals surface area contributed by atoms with Crippen LogP contribution >= 0.6 is 0 Å². The number of carbonyl (C=O) groups is 2. The van der Waals surface area contributed by atoms with Crippen LogP contribution in [0.3, 0.4) is 0 Å². The van der Waals surface area contributed by atoms with Crippen LogP contribution in [0.25, 0.3) is 0 Å². The highest BCUT2D eigenvalue weighted by atomic mass is 16.5. The second kappa shape index (κ2) is 7.06. The van der Waals surface area contributed by atoms with E-state index in [0.29, 0.717) is 34.1 Å². The van der Waals surface area contributed by atoms with E-state index in [-0.39, 0.29) is 0 Å². The van der Waals surface area contributed by atoms with Gasteiger partial charge >= 0.3 is 6.03 Å². The quantitative estimate of drug-likeness (QED) is 0.751. The number of imide groups is 1. The number of amides is 3. The standard InChI is InChI=1S/C19H20N2O6/c1-24-13-7-5-11(9-15(13)26-3)19(17(22)20-18(23)21-19)12-6-8-14(25-2)16(10-12)27-4/h5-10H,1-4H3,(H2,20,21,22,23).